The molecule has 0 saturated heterocycles. The molecule has 2 aromatic rings. The van der Waals surface area contributed by atoms with Gasteiger partial charge in [-0.15, -0.1) is 0 Å². The molecule has 0 saturated carbocycles. The Kier molecular flexibility index (Phi) is 1.01. The van der Waals surface area contributed by atoms with Gasteiger partial charge < -0.3 is 4.74 Å². The molecule has 1 aliphatic heterocycles. The van der Waals surface area contributed by atoms with Gasteiger partial charge in [0.25, 0.3) is 0 Å². The highest BCUT2D eigenvalue weighted by molar-refractivity contribution is 5.47. The number of imidazole rings is 1. The first-order valence-corrected chi connectivity index (χ1v) is 4.03. The van der Waals surface area contributed by atoms with Crippen molar-refractivity contribution in [2.75, 3.05) is 6.61 Å². The van der Waals surface area contributed by atoms with Crippen molar-refractivity contribution in [1.29, 1.82) is 0 Å². The fourth-order valence-corrected chi connectivity index (χ4v) is 1.62. The van der Waals surface area contributed by atoms with E-state index in [1.165, 1.54) is 5.56 Å². The van der Waals surface area contributed by atoms with E-state index in [1.807, 2.05) is 16.7 Å². The summed E-state index contributed by atoms with van der Waals surface area (Å²) in [7, 11) is 0. The van der Waals surface area contributed by atoms with E-state index >= 15 is 0 Å². The van der Waals surface area contributed by atoms with Crippen LogP contribution in [0.1, 0.15) is 5.56 Å². The van der Waals surface area contributed by atoms with Crippen LogP contribution < -0.4 is 4.74 Å². The second-order valence-electron chi connectivity index (χ2n) is 2.92. The molecule has 2 aromatic heterocycles. The zero-order valence-electron chi connectivity index (χ0n) is 6.53. The Balaban J connectivity index is 2.46. The Morgan fingerprint density at radius 3 is 3.42 bits per heavy atom. The minimum atomic E-state index is 0.798. The van der Waals surface area contributed by atoms with Crippen LogP contribution in [-0.2, 0) is 6.42 Å². The van der Waals surface area contributed by atoms with Crippen LogP contribution in [0, 0.1) is 0 Å². The molecule has 3 heterocycles. The standard InChI is InChI=1S/C9H8N2O/c1-2-8-10-4-5-11(8)9-7(1)3-6-12-9/h1-2,4-5H,3,6H2. The molecule has 0 amide bonds. The molecule has 0 unspecified atom stereocenters. The van der Waals surface area contributed by atoms with E-state index in [2.05, 4.69) is 11.1 Å². The number of nitrogens with zero attached hydrogens (tertiary/aromatic N) is 2. The van der Waals surface area contributed by atoms with Gasteiger partial charge in [0.2, 0.25) is 5.88 Å². The molecule has 0 bridgehead atoms. The third kappa shape index (κ3) is 0.630. The van der Waals surface area contributed by atoms with E-state index in [0.29, 0.717) is 0 Å². The Hall–Kier alpha value is -1.51. The van der Waals surface area contributed by atoms with Gasteiger partial charge in [-0.25, -0.2) is 4.98 Å². The minimum absolute atomic E-state index is 0.798. The maximum Gasteiger partial charge on any atom is 0.202 e. The molecule has 0 atom stereocenters. The van der Waals surface area contributed by atoms with Crippen LogP contribution in [0.3, 0.4) is 0 Å². The molecule has 3 nitrogen and oxygen atoms in total. The number of fused-ring (bicyclic) bond motifs is 3. The predicted octanol–water partition coefficient (Wildman–Crippen LogP) is 1.27. The van der Waals surface area contributed by atoms with Gasteiger partial charge in [-0.1, -0.05) is 0 Å². The second kappa shape index (κ2) is 2.00. The lowest BCUT2D eigenvalue weighted by Crippen LogP contribution is -1.91. The summed E-state index contributed by atoms with van der Waals surface area (Å²) in [6.45, 7) is 0.798. The fraction of sp³-hybridized carbons (Fsp3) is 0.222. The van der Waals surface area contributed by atoms with Gasteiger partial charge >= 0.3 is 0 Å². The molecule has 1 aliphatic rings. The number of ether oxygens (including phenoxy) is 1. The van der Waals surface area contributed by atoms with E-state index in [1.54, 1.807) is 6.20 Å². The van der Waals surface area contributed by atoms with Crippen molar-refractivity contribution in [2.45, 2.75) is 6.42 Å². The highest BCUT2D eigenvalue weighted by Crippen LogP contribution is 2.25. The molecular formula is C9H8N2O. The van der Waals surface area contributed by atoms with E-state index in [-0.39, 0.29) is 0 Å². The summed E-state index contributed by atoms with van der Waals surface area (Å²) in [6.07, 6.45) is 4.74. The van der Waals surface area contributed by atoms with Gasteiger partial charge in [-0.2, -0.15) is 0 Å². The summed E-state index contributed by atoms with van der Waals surface area (Å²) in [4.78, 5) is 4.18. The zero-order valence-corrected chi connectivity index (χ0v) is 6.53. The van der Waals surface area contributed by atoms with Crippen LogP contribution in [0.5, 0.6) is 5.88 Å². The second-order valence-corrected chi connectivity index (χ2v) is 2.92. The first kappa shape index (κ1) is 6.06. The molecule has 3 heteroatoms. The van der Waals surface area contributed by atoms with Crippen LogP contribution in [0.15, 0.2) is 24.5 Å². The number of hydrogen-bond donors (Lipinski definition) is 0. The normalized spacial score (nSPS) is 14.7. The van der Waals surface area contributed by atoms with E-state index in [4.69, 9.17) is 4.74 Å². The van der Waals surface area contributed by atoms with Gasteiger partial charge in [0.05, 0.1) is 6.61 Å². The number of aromatic nitrogens is 2. The molecule has 0 aromatic carbocycles. The number of rotatable bonds is 0. The molecule has 0 aliphatic carbocycles. The van der Waals surface area contributed by atoms with Crippen LogP contribution in [-0.4, -0.2) is 16.0 Å². The molecule has 0 radical (unpaired) electrons. The van der Waals surface area contributed by atoms with Crippen LogP contribution in [0.4, 0.5) is 0 Å². The molecule has 0 N–H and O–H groups in total. The van der Waals surface area contributed by atoms with Crippen molar-refractivity contribution in [3.63, 3.8) is 0 Å². The van der Waals surface area contributed by atoms with Gasteiger partial charge in [0.15, 0.2) is 0 Å². The molecular weight excluding hydrogens is 152 g/mol. The number of pyridine rings is 1. The highest BCUT2D eigenvalue weighted by atomic mass is 16.5. The molecule has 0 spiro atoms. The maximum absolute atomic E-state index is 5.49. The largest absolute Gasteiger partial charge is 0.478 e. The Morgan fingerprint density at radius 1 is 1.42 bits per heavy atom. The van der Waals surface area contributed by atoms with Crippen LogP contribution in [0.25, 0.3) is 5.65 Å². The summed E-state index contributed by atoms with van der Waals surface area (Å²) in [5.74, 6) is 0.963. The Bertz CT molecular complexity index is 433. The average Bonchev–Trinajstić information content (AvgIpc) is 2.71. The van der Waals surface area contributed by atoms with E-state index < -0.39 is 0 Å². The summed E-state index contributed by atoms with van der Waals surface area (Å²) in [5, 5.41) is 0. The van der Waals surface area contributed by atoms with Crippen molar-refractivity contribution >= 4 is 5.65 Å². The van der Waals surface area contributed by atoms with E-state index in [0.717, 1.165) is 24.6 Å². The lowest BCUT2D eigenvalue weighted by Gasteiger charge is -2.01. The minimum Gasteiger partial charge on any atom is -0.478 e. The van der Waals surface area contributed by atoms with Gasteiger partial charge in [-0.05, 0) is 12.1 Å². The topological polar surface area (TPSA) is 26.5 Å². The maximum atomic E-state index is 5.49. The Labute approximate surface area is 69.6 Å². The van der Waals surface area contributed by atoms with Crippen molar-refractivity contribution in [3.8, 4) is 5.88 Å². The zero-order chi connectivity index (χ0) is 7.97. The summed E-state index contributed by atoms with van der Waals surface area (Å²) in [6, 6.07) is 4.11. The first-order chi connectivity index (χ1) is 5.95. The van der Waals surface area contributed by atoms with Crippen molar-refractivity contribution < 1.29 is 4.74 Å². The summed E-state index contributed by atoms with van der Waals surface area (Å²) < 4.78 is 7.48. The number of hydrogen-bond acceptors (Lipinski definition) is 2. The predicted molar refractivity (Wildman–Crippen MR) is 44.4 cm³/mol. The lowest BCUT2D eigenvalue weighted by molar-refractivity contribution is 0.341. The quantitative estimate of drug-likeness (QED) is 0.580. The monoisotopic (exact) mass is 160 g/mol. The third-order valence-corrected chi connectivity index (χ3v) is 2.21. The third-order valence-electron chi connectivity index (χ3n) is 2.21. The van der Waals surface area contributed by atoms with Gasteiger partial charge in [-0.3, -0.25) is 4.40 Å². The van der Waals surface area contributed by atoms with Crippen molar-refractivity contribution in [2.24, 2.45) is 0 Å². The molecule has 12 heavy (non-hydrogen) atoms. The summed E-state index contributed by atoms with van der Waals surface area (Å²) >= 11 is 0. The fourth-order valence-electron chi connectivity index (χ4n) is 1.62. The van der Waals surface area contributed by atoms with Gasteiger partial charge in [0.1, 0.15) is 5.65 Å². The lowest BCUT2D eigenvalue weighted by atomic mass is 10.2. The smallest absolute Gasteiger partial charge is 0.202 e. The Morgan fingerprint density at radius 2 is 2.42 bits per heavy atom. The SMILES string of the molecule is c1cn2c3c(ccc2n1)CCO3. The van der Waals surface area contributed by atoms with Crippen LogP contribution >= 0.6 is 0 Å². The first-order valence-electron chi connectivity index (χ1n) is 4.03. The molecule has 0 fully saturated rings. The van der Waals surface area contributed by atoms with Crippen LogP contribution in [0.2, 0.25) is 0 Å². The molecule has 60 valence electrons. The molecule has 3 rings (SSSR count). The van der Waals surface area contributed by atoms with Crippen molar-refractivity contribution in [1.82, 2.24) is 9.38 Å². The highest BCUT2D eigenvalue weighted by Gasteiger charge is 2.14. The van der Waals surface area contributed by atoms with Gasteiger partial charge in [0, 0.05) is 24.4 Å². The van der Waals surface area contributed by atoms with E-state index in [9.17, 15) is 0 Å². The summed E-state index contributed by atoms with van der Waals surface area (Å²) in [5.41, 5.74) is 2.23. The average molecular weight is 160 g/mol. The van der Waals surface area contributed by atoms with Crippen molar-refractivity contribution in [3.05, 3.63) is 30.1 Å².